The molecule has 1 N–H and O–H groups in total. The van der Waals surface area contributed by atoms with Crippen LogP contribution in [0.1, 0.15) is 40.5 Å². The molecular formula is C23H24N4O3S. The maximum absolute atomic E-state index is 13.2. The lowest BCUT2D eigenvalue weighted by molar-refractivity contribution is -0.119. The number of benzene rings is 2. The molecule has 1 aromatic heterocycles. The van der Waals surface area contributed by atoms with Crippen LogP contribution in [0.25, 0.3) is 10.2 Å². The van der Waals surface area contributed by atoms with Gasteiger partial charge in [-0.2, -0.15) is 0 Å². The first kappa shape index (κ1) is 21.0. The monoisotopic (exact) mass is 436 g/mol. The normalized spacial score (nSPS) is 15.8. The van der Waals surface area contributed by atoms with Crippen LogP contribution >= 0.6 is 11.3 Å². The highest BCUT2D eigenvalue weighted by Crippen LogP contribution is 2.27. The number of hydrogen-bond acceptors (Lipinski definition) is 5. The number of thiazole rings is 1. The zero-order valence-corrected chi connectivity index (χ0v) is 18.3. The van der Waals surface area contributed by atoms with Crippen molar-refractivity contribution < 1.29 is 14.4 Å². The summed E-state index contributed by atoms with van der Waals surface area (Å²) in [4.78, 5) is 46.2. The van der Waals surface area contributed by atoms with Gasteiger partial charge in [-0.3, -0.25) is 14.4 Å². The van der Waals surface area contributed by atoms with E-state index in [1.807, 2.05) is 31.2 Å². The third-order valence-corrected chi connectivity index (χ3v) is 6.47. The standard InChI is InChI=1S/C23H24N4O3S/c1-3-26(2)21(29)15-8-6-9-16(14-15)22(30)27-13-7-11-18(27)20(28)25-23-24-17-10-4-5-12-19(17)31-23/h4-6,8-10,12,14,18H,3,7,11,13H2,1-2H3,(H,24,25,28). The Kier molecular flexibility index (Phi) is 5.99. The third kappa shape index (κ3) is 4.29. The maximum atomic E-state index is 13.2. The fourth-order valence-corrected chi connectivity index (χ4v) is 4.58. The maximum Gasteiger partial charge on any atom is 0.254 e. The summed E-state index contributed by atoms with van der Waals surface area (Å²) in [5.41, 5.74) is 1.71. The number of anilines is 1. The van der Waals surface area contributed by atoms with Crippen molar-refractivity contribution in [3.63, 3.8) is 0 Å². The minimum atomic E-state index is -0.558. The van der Waals surface area contributed by atoms with Gasteiger partial charge in [-0.15, -0.1) is 0 Å². The molecule has 7 nitrogen and oxygen atoms in total. The molecule has 2 heterocycles. The van der Waals surface area contributed by atoms with E-state index in [4.69, 9.17) is 0 Å². The van der Waals surface area contributed by atoms with E-state index in [2.05, 4.69) is 10.3 Å². The highest BCUT2D eigenvalue weighted by molar-refractivity contribution is 7.22. The average molecular weight is 437 g/mol. The second-order valence-electron chi connectivity index (χ2n) is 7.53. The number of fused-ring (bicyclic) bond motifs is 1. The smallest absolute Gasteiger partial charge is 0.254 e. The summed E-state index contributed by atoms with van der Waals surface area (Å²) in [5, 5.41) is 3.40. The molecule has 2 aromatic carbocycles. The molecule has 0 spiro atoms. The van der Waals surface area contributed by atoms with Gasteiger partial charge in [0.05, 0.1) is 10.2 Å². The first-order valence-electron chi connectivity index (χ1n) is 10.3. The number of para-hydroxylation sites is 1. The first-order chi connectivity index (χ1) is 15.0. The van der Waals surface area contributed by atoms with Crippen molar-refractivity contribution >= 4 is 44.4 Å². The van der Waals surface area contributed by atoms with Crippen LogP contribution in [0.5, 0.6) is 0 Å². The van der Waals surface area contributed by atoms with Gasteiger partial charge >= 0.3 is 0 Å². The Morgan fingerprint density at radius 3 is 2.71 bits per heavy atom. The molecule has 1 aliphatic heterocycles. The minimum Gasteiger partial charge on any atom is -0.342 e. The molecule has 1 saturated heterocycles. The van der Waals surface area contributed by atoms with Crippen molar-refractivity contribution in [3.8, 4) is 0 Å². The lowest BCUT2D eigenvalue weighted by Crippen LogP contribution is -2.43. The summed E-state index contributed by atoms with van der Waals surface area (Å²) in [6, 6.07) is 13.8. The summed E-state index contributed by atoms with van der Waals surface area (Å²) < 4.78 is 0.996. The number of carbonyl (C=O) groups is 3. The van der Waals surface area contributed by atoms with Crippen molar-refractivity contribution in [2.75, 3.05) is 25.5 Å². The van der Waals surface area contributed by atoms with Gasteiger partial charge in [0.2, 0.25) is 5.91 Å². The molecule has 1 atom stereocenters. The Labute approximate surface area is 184 Å². The number of aromatic nitrogens is 1. The Balaban J connectivity index is 1.50. The van der Waals surface area contributed by atoms with E-state index in [1.54, 1.807) is 41.1 Å². The van der Waals surface area contributed by atoms with Gasteiger partial charge in [0.15, 0.2) is 5.13 Å². The van der Waals surface area contributed by atoms with Crippen molar-refractivity contribution in [2.24, 2.45) is 0 Å². The van der Waals surface area contributed by atoms with E-state index >= 15 is 0 Å². The average Bonchev–Trinajstić information content (AvgIpc) is 3.44. The molecule has 0 radical (unpaired) electrons. The number of hydrogen-bond donors (Lipinski definition) is 1. The van der Waals surface area contributed by atoms with Gasteiger partial charge in [0, 0.05) is 31.3 Å². The minimum absolute atomic E-state index is 0.135. The quantitative estimate of drug-likeness (QED) is 0.662. The van der Waals surface area contributed by atoms with Crippen LogP contribution in [-0.2, 0) is 4.79 Å². The van der Waals surface area contributed by atoms with E-state index in [-0.39, 0.29) is 17.7 Å². The Morgan fingerprint density at radius 2 is 1.94 bits per heavy atom. The zero-order valence-electron chi connectivity index (χ0n) is 17.5. The molecule has 160 valence electrons. The molecule has 0 bridgehead atoms. The second-order valence-corrected chi connectivity index (χ2v) is 8.56. The van der Waals surface area contributed by atoms with E-state index in [9.17, 15) is 14.4 Å². The van der Waals surface area contributed by atoms with E-state index in [1.165, 1.54) is 11.3 Å². The van der Waals surface area contributed by atoms with Gasteiger partial charge < -0.3 is 15.1 Å². The number of nitrogens with one attached hydrogen (secondary N) is 1. The number of amides is 3. The molecule has 31 heavy (non-hydrogen) atoms. The summed E-state index contributed by atoms with van der Waals surface area (Å²) in [7, 11) is 1.72. The molecule has 0 saturated carbocycles. The van der Waals surface area contributed by atoms with Crippen LogP contribution in [0, 0.1) is 0 Å². The summed E-state index contributed by atoms with van der Waals surface area (Å²) in [5.74, 6) is -0.609. The molecule has 3 amide bonds. The molecule has 3 aromatic rings. The summed E-state index contributed by atoms with van der Waals surface area (Å²) >= 11 is 1.41. The largest absolute Gasteiger partial charge is 0.342 e. The van der Waals surface area contributed by atoms with E-state index in [0.717, 1.165) is 16.6 Å². The second kappa shape index (κ2) is 8.85. The molecule has 1 fully saturated rings. The Bertz CT molecular complexity index is 1110. The topological polar surface area (TPSA) is 82.6 Å². The Morgan fingerprint density at radius 1 is 1.16 bits per heavy atom. The fraction of sp³-hybridized carbons (Fsp3) is 0.304. The number of nitrogens with zero attached hydrogens (tertiary/aromatic N) is 3. The molecule has 8 heteroatoms. The van der Waals surface area contributed by atoms with E-state index < -0.39 is 6.04 Å². The van der Waals surface area contributed by atoms with Crippen LogP contribution < -0.4 is 5.32 Å². The number of rotatable bonds is 5. The van der Waals surface area contributed by atoms with Crippen molar-refractivity contribution in [1.82, 2.24) is 14.8 Å². The fourth-order valence-electron chi connectivity index (χ4n) is 3.71. The van der Waals surface area contributed by atoms with Crippen molar-refractivity contribution in [2.45, 2.75) is 25.8 Å². The lowest BCUT2D eigenvalue weighted by atomic mass is 10.1. The number of carbonyl (C=O) groups excluding carboxylic acids is 3. The molecular weight excluding hydrogens is 412 g/mol. The van der Waals surface area contributed by atoms with E-state index in [0.29, 0.717) is 35.8 Å². The molecule has 0 aliphatic carbocycles. The number of likely N-dealkylation sites (tertiary alicyclic amines) is 1. The predicted octanol–water partition coefficient (Wildman–Crippen LogP) is 3.63. The highest BCUT2D eigenvalue weighted by atomic mass is 32.1. The van der Waals surface area contributed by atoms with Gasteiger partial charge in [0.25, 0.3) is 11.8 Å². The van der Waals surface area contributed by atoms with Gasteiger partial charge in [-0.1, -0.05) is 29.5 Å². The molecule has 1 aliphatic rings. The third-order valence-electron chi connectivity index (χ3n) is 5.52. The van der Waals surface area contributed by atoms with Crippen LogP contribution in [0.4, 0.5) is 5.13 Å². The highest BCUT2D eigenvalue weighted by Gasteiger charge is 2.35. The van der Waals surface area contributed by atoms with Crippen LogP contribution in [0.2, 0.25) is 0 Å². The summed E-state index contributed by atoms with van der Waals surface area (Å²) in [6.45, 7) is 2.98. The Hall–Kier alpha value is -3.26. The lowest BCUT2D eigenvalue weighted by Gasteiger charge is -2.24. The van der Waals surface area contributed by atoms with Crippen molar-refractivity contribution in [3.05, 3.63) is 59.7 Å². The van der Waals surface area contributed by atoms with Crippen molar-refractivity contribution in [1.29, 1.82) is 0 Å². The van der Waals surface area contributed by atoms with Gasteiger partial charge in [0.1, 0.15) is 6.04 Å². The predicted molar refractivity (Wildman–Crippen MR) is 121 cm³/mol. The SMILES string of the molecule is CCN(C)C(=O)c1cccc(C(=O)N2CCCC2C(=O)Nc2nc3ccccc3s2)c1. The van der Waals surface area contributed by atoms with Gasteiger partial charge in [-0.05, 0) is 50.1 Å². The van der Waals surface area contributed by atoms with Crippen LogP contribution in [0.3, 0.4) is 0 Å². The molecule has 4 rings (SSSR count). The van der Waals surface area contributed by atoms with Gasteiger partial charge in [-0.25, -0.2) is 4.98 Å². The van der Waals surface area contributed by atoms with Crippen LogP contribution in [-0.4, -0.2) is 58.7 Å². The first-order valence-corrected chi connectivity index (χ1v) is 11.1. The van der Waals surface area contributed by atoms with Crippen LogP contribution in [0.15, 0.2) is 48.5 Å². The molecule has 1 unspecified atom stereocenters. The summed E-state index contributed by atoms with van der Waals surface area (Å²) in [6.07, 6.45) is 1.35. The zero-order chi connectivity index (χ0) is 22.0.